The Labute approximate surface area is 99.2 Å². The van der Waals surface area contributed by atoms with Crippen LogP contribution in [0.4, 0.5) is 11.4 Å². The van der Waals surface area contributed by atoms with Gasteiger partial charge in [0, 0.05) is 24.6 Å². The minimum atomic E-state index is -0.404. The number of amides is 1. The number of benzene rings is 1. The molecule has 2 rings (SSSR count). The Balaban J connectivity index is 2.50. The molecule has 0 saturated carbocycles. The summed E-state index contributed by atoms with van der Waals surface area (Å²) >= 11 is 0. The van der Waals surface area contributed by atoms with Crippen LogP contribution < -0.4 is 4.90 Å². The maximum atomic E-state index is 11.6. The first kappa shape index (κ1) is 11.6. The van der Waals surface area contributed by atoms with E-state index in [1.54, 1.807) is 17.9 Å². The lowest BCUT2D eigenvalue weighted by atomic mass is 10.1. The average Bonchev–Trinajstić information content (AvgIpc) is 2.64. The summed E-state index contributed by atoms with van der Waals surface area (Å²) in [5.74, 6) is 0.0475. The van der Waals surface area contributed by atoms with Gasteiger partial charge in [-0.25, -0.2) is 0 Å². The molecule has 1 aromatic carbocycles. The summed E-state index contributed by atoms with van der Waals surface area (Å²) in [6.07, 6.45) is 1.35. The Kier molecular flexibility index (Phi) is 2.83. The van der Waals surface area contributed by atoms with E-state index in [-0.39, 0.29) is 11.6 Å². The van der Waals surface area contributed by atoms with E-state index in [0.717, 1.165) is 12.0 Å². The topological polar surface area (TPSA) is 63.5 Å². The SMILES string of the molecule is Cc1cc(C)c([N+](=O)[O-])cc1N1CCCC1=O. The Morgan fingerprint density at radius 1 is 1.29 bits per heavy atom. The molecule has 17 heavy (non-hydrogen) atoms. The summed E-state index contributed by atoms with van der Waals surface area (Å²) in [7, 11) is 0. The van der Waals surface area contributed by atoms with Crippen molar-refractivity contribution in [2.24, 2.45) is 0 Å². The Hall–Kier alpha value is -1.91. The maximum Gasteiger partial charge on any atom is 0.274 e. The second-order valence-electron chi connectivity index (χ2n) is 4.33. The van der Waals surface area contributed by atoms with E-state index >= 15 is 0 Å². The van der Waals surface area contributed by atoms with Gasteiger partial charge in [-0.2, -0.15) is 0 Å². The average molecular weight is 234 g/mol. The van der Waals surface area contributed by atoms with Crippen LogP contribution in [0.15, 0.2) is 12.1 Å². The molecule has 5 nitrogen and oxygen atoms in total. The Morgan fingerprint density at radius 3 is 2.53 bits per heavy atom. The minimum Gasteiger partial charge on any atom is -0.312 e. The number of carbonyl (C=O) groups is 1. The minimum absolute atomic E-state index is 0.0475. The second kappa shape index (κ2) is 4.16. The lowest BCUT2D eigenvalue weighted by Gasteiger charge is -2.18. The molecule has 90 valence electrons. The number of hydrogen-bond donors (Lipinski definition) is 0. The third-order valence-electron chi connectivity index (χ3n) is 3.08. The van der Waals surface area contributed by atoms with Crippen LogP contribution in [-0.2, 0) is 4.79 Å². The van der Waals surface area contributed by atoms with Gasteiger partial charge < -0.3 is 4.90 Å². The van der Waals surface area contributed by atoms with E-state index in [9.17, 15) is 14.9 Å². The van der Waals surface area contributed by atoms with E-state index in [1.807, 2.05) is 6.92 Å². The third-order valence-corrected chi connectivity index (χ3v) is 3.08. The van der Waals surface area contributed by atoms with Crippen molar-refractivity contribution in [3.05, 3.63) is 33.4 Å². The molecule has 1 saturated heterocycles. The lowest BCUT2D eigenvalue weighted by Crippen LogP contribution is -2.24. The molecule has 1 aliphatic rings. The Bertz CT molecular complexity index is 497. The van der Waals surface area contributed by atoms with Gasteiger partial charge in [0.25, 0.3) is 5.69 Å². The van der Waals surface area contributed by atoms with Crippen molar-refractivity contribution in [1.29, 1.82) is 0 Å². The predicted molar refractivity (Wildman–Crippen MR) is 64.2 cm³/mol. The predicted octanol–water partition coefficient (Wildman–Crippen LogP) is 2.34. The number of hydrogen-bond acceptors (Lipinski definition) is 3. The zero-order chi connectivity index (χ0) is 12.6. The molecule has 0 aliphatic carbocycles. The molecule has 0 unspecified atom stereocenters. The number of aryl methyl sites for hydroxylation is 2. The van der Waals surface area contributed by atoms with Crippen molar-refractivity contribution in [1.82, 2.24) is 0 Å². The van der Waals surface area contributed by atoms with Crippen LogP contribution in [0.25, 0.3) is 0 Å². The fourth-order valence-corrected chi connectivity index (χ4v) is 2.22. The number of rotatable bonds is 2. The molecule has 0 spiro atoms. The van der Waals surface area contributed by atoms with E-state index in [4.69, 9.17) is 0 Å². The molecule has 0 atom stereocenters. The number of anilines is 1. The van der Waals surface area contributed by atoms with Crippen LogP contribution in [0, 0.1) is 24.0 Å². The van der Waals surface area contributed by atoms with Crippen LogP contribution >= 0.6 is 0 Å². The summed E-state index contributed by atoms with van der Waals surface area (Å²) in [6.45, 7) is 4.23. The molecule has 0 bridgehead atoms. The van der Waals surface area contributed by atoms with E-state index in [2.05, 4.69) is 0 Å². The normalized spacial score (nSPS) is 15.4. The molecule has 5 heteroatoms. The number of nitrogens with zero attached hydrogens (tertiary/aromatic N) is 2. The summed E-state index contributed by atoms with van der Waals surface area (Å²) in [5.41, 5.74) is 2.28. The first-order chi connectivity index (χ1) is 8.00. The van der Waals surface area contributed by atoms with Crippen molar-refractivity contribution in [2.45, 2.75) is 26.7 Å². The first-order valence-electron chi connectivity index (χ1n) is 5.56. The number of carbonyl (C=O) groups excluding carboxylic acids is 1. The highest BCUT2D eigenvalue weighted by Crippen LogP contribution is 2.31. The highest BCUT2D eigenvalue weighted by atomic mass is 16.6. The molecule has 1 amide bonds. The second-order valence-corrected chi connectivity index (χ2v) is 4.33. The summed E-state index contributed by atoms with van der Waals surface area (Å²) in [6, 6.07) is 3.27. The fraction of sp³-hybridized carbons (Fsp3) is 0.417. The van der Waals surface area contributed by atoms with E-state index in [0.29, 0.717) is 24.2 Å². The van der Waals surface area contributed by atoms with Crippen molar-refractivity contribution in [2.75, 3.05) is 11.4 Å². The van der Waals surface area contributed by atoms with Gasteiger partial charge in [-0.05, 0) is 31.9 Å². The van der Waals surface area contributed by atoms with Crippen LogP contribution in [0.3, 0.4) is 0 Å². The van der Waals surface area contributed by atoms with Gasteiger partial charge >= 0.3 is 0 Å². The van der Waals surface area contributed by atoms with Gasteiger partial charge in [-0.1, -0.05) is 0 Å². The summed E-state index contributed by atoms with van der Waals surface area (Å²) in [5, 5.41) is 10.9. The van der Waals surface area contributed by atoms with Crippen molar-refractivity contribution in [3.63, 3.8) is 0 Å². The maximum absolute atomic E-state index is 11.6. The molecule has 0 aromatic heterocycles. The molecular weight excluding hydrogens is 220 g/mol. The van der Waals surface area contributed by atoms with Gasteiger partial charge in [0.2, 0.25) is 5.91 Å². The smallest absolute Gasteiger partial charge is 0.274 e. The largest absolute Gasteiger partial charge is 0.312 e. The molecule has 0 radical (unpaired) electrons. The standard InChI is InChI=1S/C12H14N2O3/c1-8-6-9(2)11(14(16)17)7-10(8)13-5-3-4-12(13)15/h6-7H,3-5H2,1-2H3. The van der Waals surface area contributed by atoms with Crippen LogP contribution in [0.1, 0.15) is 24.0 Å². The van der Waals surface area contributed by atoms with E-state index in [1.165, 1.54) is 6.07 Å². The summed E-state index contributed by atoms with van der Waals surface area (Å²) < 4.78 is 0. The van der Waals surface area contributed by atoms with Crippen molar-refractivity contribution < 1.29 is 9.72 Å². The number of nitro groups is 1. The van der Waals surface area contributed by atoms with Gasteiger partial charge in [-0.3, -0.25) is 14.9 Å². The van der Waals surface area contributed by atoms with Crippen LogP contribution in [0.5, 0.6) is 0 Å². The van der Waals surface area contributed by atoms with Crippen molar-refractivity contribution in [3.8, 4) is 0 Å². The highest BCUT2D eigenvalue weighted by molar-refractivity contribution is 5.96. The molecule has 1 heterocycles. The monoisotopic (exact) mass is 234 g/mol. The fourth-order valence-electron chi connectivity index (χ4n) is 2.22. The first-order valence-corrected chi connectivity index (χ1v) is 5.56. The van der Waals surface area contributed by atoms with Gasteiger partial charge in [0.15, 0.2) is 0 Å². The number of nitro benzene ring substituents is 1. The van der Waals surface area contributed by atoms with Crippen LogP contribution in [0.2, 0.25) is 0 Å². The van der Waals surface area contributed by atoms with Gasteiger partial charge in [0.1, 0.15) is 0 Å². The zero-order valence-electron chi connectivity index (χ0n) is 9.90. The van der Waals surface area contributed by atoms with Crippen molar-refractivity contribution >= 4 is 17.3 Å². The molecule has 1 aromatic rings. The van der Waals surface area contributed by atoms with E-state index < -0.39 is 4.92 Å². The molecule has 1 fully saturated rings. The van der Waals surface area contributed by atoms with Crippen LogP contribution in [-0.4, -0.2) is 17.4 Å². The molecule has 0 N–H and O–H groups in total. The quantitative estimate of drug-likeness (QED) is 0.582. The van der Waals surface area contributed by atoms with Gasteiger partial charge in [-0.15, -0.1) is 0 Å². The van der Waals surface area contributed by atoms with Gasteiger partial charge in [0.05, 0.1) is 10.6 Å². The Morgan fingerprint density at radius 2 is 2.00 bits per heavy atom. The highest BCUT2D eigenvalue weighted by Gasteiger charge is 2.25. The lowest BCUT2D eigenvalue weighted by molar-refractivity contribution is -0.385. The molecular formula is C12H14N2O3. The summed E-state index contributed by atoms with van der Waals surface area (Å²) in [4.78, 5) is 23.8. The molecule has 1 aliphatic heterocycles. The third kappa shape index (κ3) is 2.00. The zero-order valence-corrected chi connectivity index (χ0v) is 9.90.